The summed E-state index contributed by atoms with van der Waals surface area (Å²) in [6, 6.07) is 13.9. The van der Waals surface area contributed by atoms with E-state index in [0.717, 1.165) is 11.3 Å². The fraction of sp³-hybridized carbons (Fsp3) is 0.200. The van der Waals surface area contributed by atoms with Crippen LogP contribution in [0.1, 0.15) is 30.8 Å². The zero-order valence-corrected chi connectivity index (χ0v) is 15.1. The molecule has 6 heteroatoms. The van der Waals surface area contributed by atoms with E-state index in [0.29, 0.717) is 12.2 Å². The maximum atomic E-state index is 13.9. The van der Waals surface area contributed by atoms with Crippen LogP contribution >= 0.6 is 11.6 Å². The van der Waals surface area contributed by atoms with E-state index < -0.39 is 5.82 Å². The second-order valence-electron chi connectivity index (χ2n) is 5.95. The molecule has 0 spiro atoms. The molecule has 1 aromatic heterocycles. The lowest BCUT2D eigenvalue weighted by molar-refractivity contribution is -0.121. The van der Waals surface area contributed by atoms with Crippen molar-refractivity contribution in [2.24, 2.45) is 0 Å². The number of imidazole rings is 1. The van der Waals surface area contributed by atoms with Crippen LogP contribution in [0.5, 0.6) is 0 Å². The third-order valence-electron chi connectivity index (χ3n) is 4.15. The monoisotopic (exact) mass is 371 g/mol. The zero-order valence-electron chi connectivity index (χ0n) is 14.3. The van der Waals surface area contributed by atoms with E-state index in [4.69, 9.17) is 11.6 Å². The maximum absolute atomic E-state index is 13.9. The number of rotatable bonds is 6. The molecule has 1 amide bonds. The van der Waals surface area contributed by atoms with Crippen molar-refractivity contribution in [3.05, 3.63) is 77.0 Å². The van der Waals surface area contributed by atoms with Crippen molar-refractivity contribution in [3.8, 4) is 11.3 Å². The Labute approximate surface area is 156 Å². The first kappa shape index (κ1) is 18.1. The van der Waals surface area contributed by atoms with Gasteiger partial charge in [0.25, 0.3) is 0 Å². The van der Waals surface area contributed by atoms with Crippen LogP contribution in [0.15, 0.2) is 54.7 Å². The molecule has 3 rings (SSSR count). The summed E-state index contributed by atoms with van der Waals surface area (Å²) in [6.45, 7) is 1.95. The van der Waals surface area contributed by atoms with Gasteiger partial charge in [-0.1, -0.05) is 54.9 Å². The van der Waals surface area contributed by atoms with Gasteiger partial charge in [0.1, 0.15) is 11.6 Å². The molecule has 2 aromatic carbocycles. The smallest absolute Gasteiger partial charge is 0.225 e. The molecule has 0 bridgehead atoms. The van der Waals surface area contributed by atoms with Crippen molar-refractivity contribution >= 4 is 17.5 Å². The Kier molecular flexibility index (Phi) is 5.68. The van der Waals surface area contributed by atoms with Gasteiger partial charge >= 0.3 is 0 Å². The molecule has 4 nitrogen and oxygen atoms in total. The van der Waals surface area contributed by atoms with Gasteiger partial charge in [0.05, 0.1) is 24.4 Å². The lowest BCUT2D eigenvalue weighted by atomic mass is 10.1. The third-order valence-corrected chi connectivity index (χ3v) is 4.51. The second kappa shape index (κ2) is 8.15. The van der Waals surface area contributed by atoms with E-state index in [-0.39, 0.29) is 29.0 Å². The van der Waals surface area contributed by atoms with Crippen molar-refractivity contribution in [2.45, 2.75) is 25.8 Å². The van der Waals surface area contributed by atoms with Crippen molar-refractivity contribution < 1.29 is 9.18 Å². The quantitative estimate of drug-likeness (QED) is 0.661. The summed E-state index contributed by atoms with van der Waals surface area (Å²) in [6.07, 6.45) is 2.28. The van der Waals surface area contributed by atoms with Crippen LogP contribution in [0.4, 0.5) is 4.39 Å². The SMILES string of the molecule is CCC(NC(=O)Cc1c(F)cccc1Cl)c1ncc(-c2ccccc2)[nH]1. The van der Waals surface area contributed by atoms with E-state index in [1.807, 2.05) is 37.3 Å². The number of aromatic nitrogens is 2. The van der Waals surface area contributed by atoms with Gasteiger partial charge in [0.2, 0.25) is 5.91 Å². The third kappa shape index (κ3) is 4.11. The van der Waals surface area contributed by atoms with Crippen LogP contribution in [-0.4, -0.2) is 15.9 Å². The summed E-state index contributed by atoms with van der Waals surface area (Å²) >= 11 is 5.99. The maximum Gasteiger partial charge on any atom is 0.225 e. The topological polar surface area (TPSA) is 57.8 Å². The van der Waals surface area contributed by atoms with Gasteiger partial charge in [-0.05, 0) is 24.1 Å². The summed E-state index contributed by atoms with van der Waals surface area (Å²) in [5.41, 5.74) is 2.10. The minimum Gasteiger partial charge on any atom is -0.346 e. The van der Waals surface area contributed by atoms with Gasteiger partial charge in [-0.25, -0.2) is 9.37 Å². The predicted molar refractivity (Wildman–Crippen MR) is 100 cm³/mol. The Balaban J connectivity index is 1.72. The Morgan fingerprint density at radius 3 is 2.69 bits per heavy atom. The van der Waals surface area contributed by atoms with Crippen molar-refractivity contribution in [2.75, 3.05) is 0 Å². The fourth-order valence-electron chi connectivity index (χ4n) is 2.75. The molecular weight excluding hydrogens is 353 g/mol. The zero-order chi connectivity index (χ0) is 18.5. The Morgan fingerprint density at radius 2 is 2.00 bits per heavy atom. The number of benzene rings is 2. The first-order valence-corrected chi connectivity index (χ1v) is 8.79. The molecule has 0 fully saturated rings. The number of nitrogens with zero attached hydrogens (tertiary/aromatic N) is 1. The van der Waals surface area contributed by atoms with E-state index >= 15 is 0 Å². The minimum absolute atomic E-state index is 0.117. The van der Waals surface area contributed by atoms with E-state index in [2.05, 4.69) is 15.3 Å². The number of amides is 1. The molecule has 0 aliphatic heterocycles. The van der Waals surface area contributed by atoms with Crippen LogP contribution < -0.4 is 5.32 Å². The molecule has 0 radical (unpaired) electrons. The van der Waals surface area contributed by atoms with E-state index in [1.165, 1.54) is 12.1 Å². The summed E-state index contributed by atoms with van der Waals surface area (Å²) in [4.78, 5) is 20.0. The molecule has 0 aliphatic rings. The molecule has 1 atom stereocenters. The van der Waals surface area contributed by atoms with Gasteiger partial charge in [-0.15, -0.1) is 0 Å². The van der Waals surface area contributed by atoms with Crippen LogP contribution in [0, 0.1) is 5.82 Å². The standard InChI is InChI=1S/C20H19ClFN3O/c1-2-17(20-23-12-18(25-20)13-7-4-3-5-8-13)24-19(26)11-14-15(21)9-6-10-16(14)22/h3-10,12,17H,2,11H2,1H3,(H,23,25)(H,24,26). The molecule has 0 saturated carbocycles. The van der Waals surface area contributed by atoms with Crippen LogP contribution in [0.25, 0.3) is 11.3 Å². The van der Waals surface area contributed by atoms with Crippen molar-refractivity contribution in [1.29, 1.82) is 0 Å². The molecule has 0 aliphatic carbocycles. The van der Waals surface area contributed by atoms with Gasteiger partial charge in [0, 0.05) is 10.6 Å². The van der Waals surface area contributed by atoms with Crippen LogP contribution in [-0.2, 0) is 11.2 Å². The number of carbonyl (C=O) groups excluding carboxylic acids is 1. The van der Waals surface area contributed by atoms with Gasteiger partial charge < -0.3 is 10.3 Å². The fourth-order valence-corrected chi connectivity index (χ4v) is 2.98. The van der Waals surface area contributed by atoms with Crippen LogP contribution in [0.3, 0.4) is 0 Å². The predicted octanol–water partition coefficient (Wildman–Crippen LogP) is 4.68. The first-order chi connectivity index (χ1) is 12.6. The number of H-pyrrole nitrogens is 1. The van der Waals surface area contributed by atoms with Gasteiger partial charge in [-0.3, -0.25) is 4.79 Å². The van der Waals surface area contributed by atoms with Crippen molar-refractivity contribution in [1.82, 2.24) is 15.3 Å². The molecule has 1 heterocycles. The highest BCUT2D eigenvalue weighted by Gasteiger charge is 2.18. The number of hydrogen-bond donors (Lipinski definition) is 2. The summed E-state index contributed by atoms with van der Waals surface area (Å²) in [5.74, 6) is -0.120. The highest BCUT2D eigenvalue weighted by Crippen LogP contribution is 2.22. The van der Waals surface area contributed by atoms with Crippen LogP contribution in [0.2, 0.25) is 5.02 Å². The number of nitrogens with one attached hydrogen (secondary N) is 2. The molecule has 3 aromatic rings. The Morgan fingerprint density at radius 1 is 1.23 bits per heavy atom. The number of aromatic amines is 1. The summed E-state index contributed by atoms with van der Waals surface area (Å²) in [5, 5.41) is 3.14. The molecular formula is C20H19ClFN3O. The highest BCUT2D eigenvalue weighted by molar-refractivity contribution is 6.31. The largest absolute Gasteiger partial charge is 0.346 e. The Bertz CT molecular complexity index is 875. The summed E-state index contributed by atoms with van der Waals surface area (Å²) in [7, 11) is 0. The number of carbonyl (C=O) groups is 1. The first-order valence-electron chi connectivity index (χ1n) is 8.41. The van der Waals surface area contributed by atoms with E-state index in [1.54, 1.807) is 12.3 Å². The van der Waals surface area contributed by atoms with Gasteiger partial charge in [0.15, 0.2) is 0 Å². The lowest BCUT2D eigenvalue weighted by Gasteiger charge is -2.15. The normalized spacial score (nSPS) is 12.0. The van der Waals surface area contributed by atoms with Gasteiger partial charge in [-0.2, -0.15) is 0 Å². The lowest BCUT2D eigenvalue weighted by Crippen LogP contribution is -2.30. The highest BCUT2D eigenvalue weighted by atomic mass is 35.5. The Hall–Kier alpha value is -2.66. The average Bonchev–Trinajstić information content (AvgIpc) is 3.13. The molecule has 0 saturated heterocycles. The minimum atomic E-state index is -0.481. The summed E-state index contributed by atoms with van der Waals surface area (Å²) < 4.78 is 13.9. The second-order valence-corrected chi connectivity index (χ2v) is 6.36. The molecule has 1 unspecified atom stereocenters. The van der Waals surface area contributed by atoms with E-state index in [9.17, 15) is 9.18 Å². The average molecular weight is 372 g/mol. The molecule has 26 heavy (non-hydrogen) atoms. The molecule has 134 valence electrons. The molecule has 2 N–H and O–H groups in total. The number of hydrogen-bond acceptors (Lipinski definition) is 2. The number of halogens is 2. The van der Waals surface area contributed by atoms with Crippen molar-refractivity contribution in [3.63, 3.8) is 0 Å².